The van der Waals surface area contributed by atoms with Crippen molar-refractivity contribution in [2.75, 3.05) is 5.73 Å². The number of benzene rings is 1. The molecule has 88 valence electrons. The third-order valence-corrected chi connectivity index (χ3v) is 4.18. The van der Waals surface area contributed by atoms with Crippen molar-refractivity contribution in [2.24, 2.45) is 0 Å². The third-order valence-electron chi connectivity index (χ3n) is 2.19. The predicted octanol–water partition coefficient (Wildman–Crippen LogP) is 3.32. The number of anilines is 1. The molecule has 17 heavy (non-hydrogen) atoms. The fraction of sp³-hybridized carbons (Fsp3) is 0.0833. The van der Waals surface area contributed by atoms with Gasteiger partial charge in [-0.1, -0.05) is 6.07 Å². The number of thiophene rings is 1. The van der Waals surface area contributed by atoms with Crippen molar-refractivity contribution in [3.8, 4) is 0 Å². The maximum absolute atomic E-state index is 10.9. The topological polar surface area (TPSA) is 63.3 Å². The summed E-state index contributed by atoms with van der Waals surface area (Å²) in [5.74, 6) is -0.211. The lowest BCUT2D eigenvalue weighted by Crippen LogP contribution is -1.96. The summed E-state index contributed by atoms with van der Waals surface area (Å²) in [6, 6.07) is 9.43. The number of hydrogen-bond donors (Lipinski definition) is 2. The normalized spacial score (nSPS) is 10.4. The van der Waals surface area contributed by atoms with Gasteiger partial charge in [0.2, 0.25) is 0 Å². The lowest BCUT2D eigenvalue weighted by Gasteiger charge is -2.02. The van der Waals surface area contributed by atoms with Crippen LogP contribution in [0.15, 0.2) is 40.6 Å². The zero-order valence-electron chi connectivity index (χ0n) is 8.92. The molecule has 1 heterocycles. The monoisotopic (exact) mass is 265 g/mol. The van der Waals surface area contributed by atoms with Gasteiger partial charge in [-0.05, 0) is 35.2 Å². The molecule has 0 unspecified atom stereocenters. The Morgan fingerprint density at radius 2 is 2.24 bits per heavy atom. The Balaban J connectivity index is 2.07. The molecule has 0 bridgehead atoms. The molecule has 0 aliphatic rings. The first kappa shape index (κ1) is 12.0. The molecule has 0 saturated carbocycles. The molecule has 0 amide bonds. The number of nitrogen functional groups attached to an aromatic ring is 1. The number of aromatic carboxylic acids is 1. The van der Waals surface area contributed by atoms with Crippen molar-refractivity contribution in [2.45, 2.75) is 10.6 Å². The highest BCUT2D eigenvalue weighted by Crippen LogP contribution is 2.27. The fourth-order valence-electron chi connectivity index (χ4n) is 1.40. The Morgan fingerprint density at radius 1 is 1.41 bits per heavy atom. The molecule has 5 heteroatoms. The van der Waals surface area contributed by atoms with Crippen LogP contribution >= 0.6 is 23.1 Å². The molecule has 1 aromatic carbocycles. The highest BCUT2D eigenvalue weighted by atomic mass is 32.2. The van der Waals surface area contributed by atoms with Crippen LogP contribution in [0.3, 0.4) is 0 Å². The number of carbonyl (C=O) groups is 1. The highest BCUT2D eigenvalue weighted by Gasteiger charge is 2.11. The van der Waals surface area contributed by atoms with E-state index in [4.69, 9.17) is 10.8 Å². The molecule has 0 atom stereocenters. The fourth-order valence-corrected chi connectivity index (χ4v) is 3.21. The minimum Gasteiger partial charge on any atom is -0.477 e. The van der Waals surface area contributed by atoms with Crippen LogP contribution in [0, 0.1) is 0 Å². The summed E-state index contributed by atoms with van der Waals surface area (Å²) in [4.78, 5) is 12.4. The van der Waals surface area contributed by atoms with Gasteiger partial charge in [-0.15, -0.1) is 23.1 Å². The summed E-state index contributed by atoms with van der Waals surface area (Å²) >= 11 is 2.85. The van der Waals surface area contributed by atoms with Gasteiger partial charge in [-0.3, -0.25) is 0 Å². The standard InChI is InChI=1S/C12H11NO2S2/c13-9-2-1-3-10(6-9)17-7-8-4-5-16-11(8)12(14)15/h1-6H,7,13H2,(H,14,15). The van der Waals surface area contributed by atoms with Crippen LogP contribution in [0.25, 0.3) is 0 Å². The minimum atomic E-state index is -0.858. The summed E-state index contributed by atoms with van der Waals surface area (Å²) in [6.45, 7) is 0. The zero-order chi connectivity index (χ0) is 12.3. The van der Waals surface area contributed by atoms with Gasteiger partial charge < -0.3 is 10.8 Å². The maximum Gasteiger partial charge on any atom is 0.346 e. The van der Waals surface area contributed by atoms with Crippen molar-refractivity contribution in [3.63, 3.8) is 0 Å². The van der Waals surface area contributed by atoms with E-state index in [1.807, 2.05) is 30.3 Å². The lowest BCUT2D eigenvalue weighted by molar-refractivity contribution is 0.0701. The van der Waals surface area contributed by atoms with E-state index in [9.17, 15) is 4.79 Å². The molecule has 0 fully saturated rings. The Bertz CT molecular complexity index is 537. The average Bonchev–Trinajstić information content (AvgIpc) is 2.74. The summed E-state index contributed by atoms with van der Waals surface area (Å²) in [6.07, 6.45) is 0. The van der Waals surface area contributed by atoms with E-state index in [1.54, 1.807) is 17.1 Å². The van der Waals surface area contributed by atoms with Gasteiger partial charge in [-0.2, -0.15) is 0 Å². The molecule has 0 aliphatic carbocycles. The lowest BCUT2D eigenvalue weighted by atomic mass is 10.3. The van der Waals surface area contributed by atoms with Crippen LogP contribution in [0.1, 0.15) is 15.2 Å². The Kier molecular flexibility index (Phi) is 3.71. The van der Waals surface area contributed by atoms with Crippen molar-refractivity contribution in [3.05, 3.63) is 46.2 Å². The smallest absolute Gasteiger partial charge is 0.346 e. The van der Waals surface area contributed by atoms with Crippen molar-refractivity contribution in [1.82, 2.24) is 0 Å². The molecule has 0 radical (unpaired) electrons. The maximum atomic E-state index is 10.9. The SMILES string of the molecule is Nc1cccc(SCc2ccsc2C(=O)O)c1. The Labute approximate surface area is 107 Å². The van der Waals surface area contributed by atoms with Gasteiger partial charge in [0, 0.05) is 16.3 Å². The second-order valence-electron chi connectivity index (χ2n) is 3.44. The third kappa shape index (κ3) is 3.01. The van der Waals surface area contributed by atoms with E-state index in [-0.39, 0.29) is 0 Å². The second kappa shape index (κ2) is 5.25. The molecular formula is C12H11NO2S2. The van der Waals surface area contributed by atoms with E-state index in [0.29, 0.717) is 10.6 Å². The number of hydrogen-bond acceptors (Lipinski definition) is 4. The van der Waals surface area contributed by atoms with Gasteiger partial charge in [-0.25, -0.2) is 4.79 Å². The molecule has 1 aromatic heterocycles. The van der Waals surface area contributed by atoms with E-state index < -0.39 is 5.97 Å². The molecular weight excluding hydrogens is 254 g/mol. The first-order chi connectivity index (χ1) is 8.16. The molecule has 0 saturated heterocycles. The van der Waals surface area contributed by atoms with Gasteiger partial charge in [0.15, 0.2) is 0 Å². The molecule has 0 aliphatic heterocycles. The van der Waals surface area contributed by atoms with Crippen LogP contribution in [-0.4, -0.2) is 11.1 Å². The van der Waals surface area contributed by atoms with Gasteiger partial charge >= 0.3 is 5.97 Å². The molecule has 2 aromatic rings. The van der Waals surface area contributed by atoms with E-state index in [0.717, 1.165) is 16.1 Å². The summed E-state index contributed by atoms with van der Waals surface area (Å²) in [5.41, 5.74) is 7.26. The summed E-state index contributed by atoms with van der Waals surface area (Å²) < 4.78 is 0. The van der Waals surface area contributed by atoms with Crippen molar-refractivity contribution in [1.29, 1.82) is 0 Å². The number of carboxylic acids is 1. The van der Waals surface area contributed by atoms with Crippen LogP contribution in [0.2, 0.25) is 0 Å². The van der Waals surface area contributed by atoms with Crippen molar-refractivity contribution < 1.29 is 9.90 Å². The second-order valence-corrected chi connectivity index (χ2v) is 5.41. The quantitative estimate of drug-likeness (QED) is 0.657. The van der Waals surface area contributed by atoms with Gasteiger partial charge in [0.1, 0.15) is 4.88 Å². The van der Waals surface area contributed by atoms with E-state index >= 15 is 0 Å². The zero-order valence-corrected chi connectivity index (χ0v) is 10.6. The Morgan fingerprint density at radius 3 is 2.94 bits per heavy atom. The van der Waals surface area contributed by atoms with Crippen LogP contribution in [-0.2, 0) is 5.75 Å². The first-order valence-corrected chi connectivity index (χ1v) is 6.81. The predicted molar refractivity (Wildman–Crippen MR) is 71.7 cm³/mol. The van der Waals surface area contributed by atoms with E-state index in [2.05, 4.69) is 0 Å². The largest absolute Gasteiger partial charge is 0.477 e. The number of rotatable bonds is 4. The average molecular weight is 265 g/mol. The summed E-state index contributed by atoms with van der Waals surface area (Å²) in [5, 5.41) is 10.8. The van der Waals surface area contributed by atoms with Crippen LogP contribution in [0.4, 0.5) is 5.69 Å². The Hall–Kier alpha value is -1.46. The highest BCUT2D eigenvalue weighted by molar-refractivity contribution is 7.98. The number of thioether (sulfide) groups is 1. The molecule has 3 nitrogen and oxygen atoms in total. The molecule has 2 rings (SSSR count). The van der Waals surface area contributed by atoms with Crippen LogP contribution < -0.4 is 5.73 Å². The minimum absolute atomic E-state index is 0.418. The first-order valence-electron chi connectivity index (χ1n) is 4.95. The summed E-state index contributed by atoms with van der Waals surface area (Å²) in [7, 11) is 0. The molecule has 0 spiro atoms. The van der Waals surface area contributed by atoms with Gasteiger partial charge in [0.05, 0.1) is 0 Å². The number of carboxylic acid groups (broad SMARTS) is 1. The van der Waals surface area contributed by atoms with E-state index in [1.165, 1.54) is 11.3 Å². The molecule has 3 N–H and O–H groups in total. The number of nitrogens with two attached hydrogens (primary N) is 1. The van der Waals surface area contributed by atoms with Gasteiger partial charge in [0.25, 0.3) is 0 Å². The van der Waals surface area contributed by atoms with Crippen LogP contribution in [0.5, 0.6) is 0 Å². The van der Waals surface area contributed by atoms with Crippen molar-refractivity contribution >= 4 is 34.8 Å².